The van der Waals surface area contributed by atoms with Crippen molar-refractivity contribution in [3.63, 3.8) is 0 Å². The van der Waals surface area contributed by atoms with Crippen molar-refractivity contribution in [2.45, 2.75) is 44.8 Å². The van der Waals surface area contributed by atoms with E-state index < -0.39 is 17.8 Å². The molecular formula is C26H27FN4O3. The summed E-state index contributed by atoms with van der Waals surface area (Å²) in [5, 5.41) is 2.30. The van der Waals surface area contributed by atoms with Crippen LogP contribution in [-0.4, -0.2) is 59.7 Å². The molecule has 3 amide bonds. The van der Waals surface area contributed by atoms with E-state index in [-0.39, 0.29) is 24.8 Å². The minimum atomic E-state index is -0.692. The number of carbonyl (C=O) groups excluding carboxylic acids is 3. The summed E-state index contributed by atoms with van der Waals surface area (Å²) in [4.78, 5) is 42.5. The molecule has 2 saturated heterocycles. The van der Waals surface area contributed by atoms with E-state index >= 15 is 4.39 Å². The number of hydrogen-bond donors (Lipinski definition) is 1. The zero-order chi connectivity index (χ0) is 23.4. The van der Waals surface area contributed by atoms with Gasteiger partial charge >= 0.3 is 0 Å². The summed E-state index contributed by atoms with van der Waals surface area (Å²) in [7, 11) is 0. The maximum Gasteiger partial charge on any atom is 0.255 e. The van der Waals surface area contributed by atoms with Crippen molar-refractivity contribution in [1.29, 1.82) is 0 Å². The Morgan fingerprint density at radius 2 is 1.71 bits per heavy atom. The van der Waals surface area contributed by atoms with Gasteiger partial charge < -0.3 is 9.80 Å². The first-order valence-electron chi connectivity index (χ1n) is 12.0. The summed E-state index contributed by atoms with van der Waals surface area (Å²) in [5.74, 6) is -1.54. The smallest absolute Gasteiger partial charge is 0.255 e. The zero-order valence-corrected chi connectivity index (χ0v) is 19.0. The van der Waals surface area contributed by atoms with Crippen LogP contribution in [0.15, 0.2) is 30.3 Å². The van der Waals surface area contributed by atoms with Gasteiger partial charge in [0.1, 0.15) is 11.9 Å². The molecule has 2 aromatic carbocycles. The minimum absolute atomic E-state index is 0.200. The van der Waals surface area contributed by atoms with Crippen LogP contribution in [0.25, 0.3) is 0 Å². The van der Waals surface area contributed by atoms with Crippen LogP contribution >= 0.6 is 0 Å². The SMILES string of the molecule is O=C1CCC(N2Cc3cc(N4CCN(Cc5ccc6c(c5)CC6)CC4)c(F)cc3C2=O)C(=O)N1. The molecule has 34 heavy (non-hydrogen) atoms. The molecule has 0 aromatic heterocycles. The lowest BCUT2D eigenvalue weighted by Crippen LogP contribution is -2.52. The van der Waals surface area contributed by atoms with Crippen LogP contribution in [0.1, 0.15) is 45.5 Å². The summed E-state index contributed by atoms with van der Waals surface area (Å²) >= 11 is 0. The standard InChI is InChI=1S/C26H27FN4O3/c27-21-13-20-19(15-31(26(20)34)22-5-6-24(32)28-25(22)33)12-23(21)30-9-7-29(8-10-30)14-16-1-2-17-3-4-18(17)11-16/h1-2,11-13,22H,3-10,14-15H2,(H,28,32,33). The molecule has 176 valence electrons. The second-order valence-electron chi connectivity index (χ2n) is 9.73. The Hall–Kier alpha value is -3.26. The molecule has 4 aliphatic rings. The number of nitrogens with zero attached hydrogens (tertiary/aromatic N) is 3. The predicted molar refractivity (Wildman–Crippen MR) is 124 cm³/mol. The summed E-state index contributed by atoms with van der Waals surface area (Å²) < 4.78 is 15.1. The van der Waals surface area contributed by atoms with Crippen molar-refractivity contribution in [3.8, 4) is 0 Å². The number of anilines is 1. The number of amides is 3. The monoisotopic (exact) mass is 462 g/mol. The molecule has 6 rings (SSSR count). The van der Waals surface area contributed by atoms with E-state index in [9.17, 15) is 14.4 Å². The van der Waals surface area contributed by atoms with Crippen LogP contribution in [-0.2, 0) is 35.5 Å². The van der Waals surface area contributed by atoms with E-state index in [0.717, 1.165) is 25.2 Å². The fourth-order valence-electron chi connectivity index (χ4n) is 5.57. The number of benzene rings is 2. The van der Waals surface area contributed by atoms with Crippen molar-refractivity contribution in [1.82, 2.24) is 15.1 Å². The third-order valence-corrected chi connectivity index (χ3v) is 7.64. The van der Waals surface area contributed by atoms with Crippen molar-refractivity contribution >= 4 is 23.4 Å². The van der Waals surface area contributed by atoms with E-state index in [2.05, 4.69) is 28.4 Å². The Labute approximate surface area is 197 Å². The molecule has 0 spiro atoms. The number of hydrogen-bond acceptors (Lipinski definition) is 5. The maximum atomic E-state index is 15.1. The molecular weight excluding hydrogens is 435 g/mol. The van der Waals surface area contributed by atoms with Gasteiger partial charge in [-0.25, -0.2) is 4.39 Å². The first kappa shape index (κ1) is 21.3. The quantitative estimate of drug-likeness (QED) is 0.704. The van der Waals surface area contributed by atoms with Crippen LogP contribution < -0.4 is 10.2 Å². The molecule has 8 heteroatoms. The molecule has 1 N–H and O–H groups in total. The summed E-state index contributed by atoms with van der Waals surface area (Å²) in [6.45, 7) is 4.27. The summed E-state index contributed by atoms with van der Waals surface area (Å²) in [6.07, 6.45) is 2.87. The first-order valence-corrected chi connectivity index (χ1v) is 12.0. The Bertz CT molecular complexity index is 1200. The Morgan fingerprint density at radius 3 is 2.41 bits per heavy atom. The van der Waals surface area contributed by atoms with Crippen molar-refractivity contribution in [2.75, 3.05) is 31.1 Å². The van der Waals surface area contributed by atoms with Crippen molar-refractivity contribution < 1.29 is 18.8 Å². The van der Waals surface area contributed by atoms with E-state index in [1.165, 1.54) is 40.5 Å². The lowest BCUT2D eigenvalue weighted by Gasteiger charge is -2.36. The lowest BCUT2D eigenvalue weighted by atomic mass is 9.87. The van der Waals surface area contributed by atoms with E-state index in [1.807, 2.05) is 4.90 Å². The van der Waals surface area contributed by atoms with Gasteiger partial charge in [0.05, 0.1) is 5.69 Å². The second kappa shape index (κ2) is 8.20. The number of rotatable bonds is 4. The van der Waals surface area contributed by atoms with Crippen LogP contribution in [0.3, 0.4) is 0 Å². The van der Waals surface area contributed by atoms with Gasteiger partial charge in [-0.15, -0.1) is 0 Å². The number of piperidine rings is 1. The average Bonchev–Trinajstić information content (AvgIpc) is 3.11. The number of aryl methyl sites for hydroxylation is 2. The third kappa shape index (κ3) is 3.66. The molecule has 0 saturated carbocycles. The number of halogens is 1. The molecule has 3 aliphatic heterocycles. The highest BCUT2D eigenvalue weighted by Gasteiger charge is 2.40. The van der Waals surface area contributed by atoms with Gasteiger partial charge in [-0.2, -0.15) is 0 Å². The van der Waals surface area contributed by atoms with Gasteiger partial charge in [0.2, 0.25) is 11.8 Å². The summed E-state index contributed by atoms with van der Waals surface area (Å²) in [6, 6.07) is 9.16. The largest absolute Gasteiger partial charge is 0.367 e. The summed E-state index contributed by atoms with van der Waals surface area (Å²) in [5.41, 5.74) is 5.83. The molecule has 1 unspecified atom stereocenters. The van der Waals surface area contributed by atoms with Crippen LogP contribution in [0.4, 0.5) is 10.1 Å². The number of piperazine rings is 1. The second-order valence-corrected chi connectivity index (χ2v) is 9.73. The normalized spacial score (nSPS) is 22.4. The fourth-order valence-corrected chi connectivity index (χ4v) is 5.57. The van der Waals surface area contributed by atoms with Gasteiger partial charge in [0, 0.05) is 51.3 Å². The Kier molecular flexibility index (Phi) is 5.13. The lowest BCUT2D eigenvalue weighted by molar-refractivity contribution is -0.136. The molecule has 7 nitrogen and oxygen atoms in total. The molecule has 0 radical (unpaired) electrons. The van der Waals surface area contributed by atoms with Crippen molar-refractivity contribution in [2.24, 2.45) is 0 Å². The van der Waals surface area contributed by atoms with E-state index in [1.54, 1.807) is 6.07 Å². The fraction of sp³-hybridized carbons (Fsp3) is 0.423. The molecule has 0 bridgehead atoms. The molecule has 2 fully saturated rings. The van der Waals surface area contributed by atoms with Crippen LogP contribution in [0.2, 0.25) is 0 Å². The highest BCUT2D eigenvalue weighted by molar-refractivity contribution is 6.05. The number of imide groups is 1. The Balaban J connectivity index is 1.13. The first-order chi connectivity index (χ1) is 16.5. The van der Waals surface area contributed by atoms with Gasteiger partial charge in [-0.05, 0) is 53.6 Å². The highest BCUT2D eigenvalue weighted by atomic mass is 19.1. The number of fused-ring (bicyclic) bond motifs is 2. The van der Waals surface area contributed by atoms with Crippen LogP contribution in [0.5, 0.6) is 0 Å². The van der Waals surface area contributed by atoms with Crippen molar-refractivity contribution in [3.05, 3.63) is 64.0 Å². The van der Waals surface area contributed by atoms with Gasteiger partial charge in [0.25, 0.3) is 5.91 Å². The maximum absolute atomic E-state index is 15.1. The third-order valence-electron chi connectivity index (χ3n) is 7.64. The van der Waals surface area contributed by atoms with Gasteiger partial charge in [-0.1, -0.05) is 18.2 Å². The number of carbonyl (C=O) groups is 3. The van der Waals surface area contributed by atoms with E-state index in [4.69, 9.17) is 0 Å². The average molecular weight is 463 g/mol. The molecule has 1 atom stereocenters. The van der Waals surface area contributed by atoms with Gasteiger partial charge in [-0.3, -0.25) is 24.6 Å². The minimum Gasteiger partial charge on any atom is -0.367 e. The van der Waals surface area contributed by atoms with Crippen LogP contribution in [0, 0.1) is 5.82 Å². The molecule has 1 aliphatic carbocycles. The Morgan fingerprint density at radius 1 is 0.912 bits per heavy atom. The van der Waals surface area contributed by atoms with E-state index in [0.29, 0.717) is 30.8 Å². The highest BCUT2D eigenvalue weighted by Crippen LogP contribution is 2.33. The predicted octanol–water partition coefficient (Wildman–Crippen LogP) is 2.01. The molecule has 2 aromatic rings. The van der Waals surface area contributed by atoms with Gasteiger partial charge in [0.15, 0.2) is 0 Å². The topological polar surface area (TPSA) is 73.0 Å². The molecule has 3 heterocycles. The number of nitrogens with one attached hydrogen (secondary N) is 1. The zero-order valence-electron chi connectivity index (χ0n) is 19.0.